The number of benzene rings is 3. The number of anilines is 3. The quantitative estimate of drug-likeness (QED) is 0.260. The molecule has 1 amide bonds. The fourth-order valence-electron chi connectivity index (χ4n) is 3.96. The van der Waals surface area contributed by atoms with Crippen LogP contribution in [0, 0.1) is 6.92 Å². The van der Waals surface area contributed by atoms with Gasteiger partial charge in [0.2, 0.25) is 0 Å². The molecule has 3 aromatic heterocycles. The van der Waals surface area contributed by atoms with Crippen LogP contribution in [0.3, 0.4) is 0 Å². The Morgan fingerprint density at radius 3 is 2.60 bits per heavy atom. The number of H-pyrrole nitrogens is 2. The lowest BCUT2D eigenvalue weighted by atomic mass is 10.1. The zero-order valence-corrected chi connectivity index (χ0v) is 18.8. The smallest absolute Gasteiger partial charge is 0.272 e. The normalized spacial score (nSPS) is 11.1. The maximum atomic E-state index is 12.7. The summed E-state index contributed by atoms with van der Waals surface area (Å²) in [5, 5.41) is 15.2. The number of carbonyl (C=O) groups is 1. The van der Waals surface area contributed by atoms with Crippen molar-refractivity contribution in [1.29, 1.82) is 0 Å². The first-order valence-corrected chi connectivity index (χ1v) is 11.2. The minimum Gasteiger partial charge on any atom is -0.350 e. The first-order valence-electron chi connectivity index (χ1n) is 11.2. The molecule has 0 bridgehead atoms. The lowest BCUT2D eigenvalue weighted by Crippen LogP contribution is -2.12. The van der Waals surface area contributed by atoms with E-state index >= 15 is 0 Å². The summed E-state index contributed by atoms with van der Waals surface area (Å²) in [6.45, 7) is 2.01. The van der Waals surface area contributed by atoms with Gasteiger partial charge in [0.1, 0.15) is 11.5 Å². The number of nitrogens with zero attached hydrogens (tertiary/aromatic N) is 3. The summed E-state index contributed by atoms with van der Waals surface area (Å²) in [6.07, 6.45) is 3.51. The first kappa shape index (κ1) is 20.6. The number of hydrogen-bond donors (Lipinski definition) is 4. The number of fused-ring (bicyclic) bond motifs is 2. The van der Waals surface area contributed by atoms with Crippen LogP contribution < -0.4 is 10.6 Å². The van der Waals surface area contributed by atoms with Crippen molar-refractivity contribution in [1.82, 2.24) is 25.1 Å². The van der Waals surface area contributed by atoms with Crippen LogP contribution in [0.4, 0.5) is 17.2 Å². The van der Waals surface area contributed by atoms with Crippen molar-refractivity contribution < 1.29 is 4.79 Å². The number of aromatic amines is 2. The number of hydrogen-bond acceptors (Lipinski definition) is 5. The van der Waals surface area contributed by atoms with Gasteiger partial charge in [0.25, 0.3) is 5.91 Å². The van der Waals surface area contributed by atoms with Crippen molar-refractivity contribution in [2.75, 3.05) is 10.6 Å². The lowest BCUT2D eigenvalue weighted by Gasteiger charge is -2.07. The van der Waals surface area contributed by atoms with Crippen LogP contribution in [0.2, 0.25) is 0 Å². The zero-order chi connectivity index (χ0) is 23.8. The number of nitrogens with one attached hydrogen (secondary N) is 4. The number of aryl methyl sites for hydroxylation is 1. The van der Waals surface area contributed by atoms with Gasteiger partial charge in [-0.25, -0.2) is 9.97 Å². The van der Waals surface area contributed by atoms with Gasteiger partial charge < -0.3 is 15.6 Å². The number of amides is 1. The van der Waals surface area contributed by atoms with Gasteiger partial charge in [0, 0.05) is 39.4 Å². The van der Waals surface area contributed by atoms with Crippen molar-refractivity contribution in [3.05, 3.63) is 96.4 Å². The van der Waals surface area contributed by atoms with Crippen LogP contribution in [0.1, 0.15) is 16.1 Å². The van der Waals surface area contributed by atoms with Gasteiger partial charge in [-0.15, -0.1) is 0 Å². The summed E-state index contributed by atoms with van der Waals surface area (Å²) in [7, 11) is 0. The predicted octanol–water partition coefficient (Wildman–Crippen LogP) is 5.81. The minimum atomic E-state index is -0.191. The summed E-state index contributed by atoms with van der Waals surface area (Å²) >= 11 is 0. The Bertz CT molecular complexity index is 1680. The zero-order valence-electron chi connectivity index (χ0n) is 18.8. The number of aromatic nitrogens is 5. The number of rotatable bonds is 5. The molecule has 0 unspecified atom stereocenters. The van der Waals surface area contributed by atoms with Gasteiger partial charge in [0.15, 0.2) is 5.82 Å². The minimum absolute atomic E-state index is 0.191. The van der Waals surface area contributed by atoms with Crippen molar-refractivity contribution in [2.24, 2.45) is 0 Å². The van der Waals surface area contributed by atoms with Crippen molar-refractivity contribution >= 4 is 44.9 Å². The van der Waals surface area contributed by atoms with E-state index in [-0.39, 0.29) is 5.91 Å². The molecule has 170 valence electrons. The van der Waals surface area contributed by atoms with Gasteiger partial charge in [-0.1, -0.05) is 29.8 Å². The maximum Gasteiger partial charge on any atom is 0.272 e. The van der Waals surface area contributed by atoms with Gasteiger partial charge in [-0.2, -0.15) is 5.10 Å². The molecular weight excluding hydrogens is 438 g/mol. The molecule has 0 atom stereocenters. The van der Waals surface area contributed by atoms with E-state index in [9.17, 15) is 4.79 Å². The highest BCUT2D eigenvalue weighted by molar-refractivity contribution is 6.06. The van der Waals surface area contributed by atoms with Gasteiger partial charge >= 0.3 is 0 Å². The molecule has 0 aliphatic heterocycles. The predicted molar refractivity (Wildman–Crippen MR) is 138 cm³/mol. The van der Waals surface area contributed by atoms with Crippen LogP contribution in [0.5, 0.6) is 0 Å². The molecule has 3 aromatic carbocycles. The summed E-state index contributed by atoms with van der Waals surface area (Å²) in [5.41, 5.74) is 5.95. The lowest BCUT2D eigenvalue weighted by molar-refractivity contribution is 0.102. The summed E-state index contributed by atoms with van der Waals surface area (Å²) in [6, 6.07) is 23.2. The van der Waals surface area contributed by atoms with E-state index in [0.29, 0.717) is 17.3 Å². The second-order valence-electron chi connectivity index (χ2n) is 8.37. The fraction of sp³-hybridized carbons (Fsp3) is 0.0370. The van der Waals surface area contributed by atoms with E-state index in [0.717, 1.165) is 44.3 Å². The Labute approximate surface area is 200 Å². The third kappa shape index (κ3) is 4.20. The van der Waals surface area contributed by atoms with Gasteiger partial charge in [-0.05, 0) is 55.5 Å². The summed E-state index contributed by atoms with van der Waals surface area (Å²) < 4.78 is 0. The molecule has 8 nitrogen and oxygen atoms in total. The summed E-state index contributed by atoms with van der Waals surface area (Å²) in [5.74, 6) is 1.08. The third-order valence-electron chi connectivity index (χ3n) is 5.80. The second-order valence-corrected chi connectivity index (χ2v) is 8.37. The highest BCUT2D eigenvalue weighted by Gasteiger charge is 2.12. The Kier molecular flexibility index (Phi) is 4.96. The van der Waals surface area contributed by atoms with E-state index in [4.69, 9.17) is 0 Å². The molecule has 6 rings (SSSR count). The van der Waals surface area contributed by atoms with Crippen LogP contribution in [0.25, 0.3) is 33.2 Å². The van der Waals surface area contributed by atoms with Crippen molar-refractivity contribution in [3.63, 3.8) is 0 Å². The van der Waals surface area contributed by atoms with Crippen molar-refractivity contribution in [3.8, 4) is 11.4 Å². The average Bonchev–Trinajstić information content (AvgIpc) is 3.52. The van der Waals surface area contributed by atoms with Gasteiger partial charge in [-0.3, -0.25) is 9.89 Å². The molecule has 0 saturated carbocycles. The molecule has 3 heterocycles. The molecule has 0 aliphatic rings. The molecule has 4 N–H and O–H groups in total. The Morgan fingerprint density at radius 2 is 1.71 bits per heavy atom. The molecule has 0 spiro atoms. The van der Waals surface area contributed by atoms with E-state index in [1.54, 1.807) is 12.4 Å². The van der Waals surface area contributed by atoms with Crippen LogP contribution in [-0.4, -0.2) is 31.1 Å². The molecule has 0 saturated heterocycles. The topological polar surface area (TPSA) is 111 Å². The molecular formula is C27H21N7O. The van der Waals surface area contributed by atoms with Crippen LogP contribution >= 0.6 is 0 Å². The second kappa shape index (κ2) is 8.42. The molecule has 0 radical (unpaired) electrons. The van der Waals surface area contributed by atoms with E-state index in [1.165, 1.54) is 0 Å². The van der Waals surface area contributed by atoms with E-state index in [2.05, 4.69) is 35.8 Å². The molecule has 6 aromatic rings. The van der Waals surface area contributed by atoms with E-state index < -0.39 is 0 Å². The SMILES string of the molecule is Cc1ccc(NC(=O)c2cc3ccc(-c4nccc(Nc5ccc6[nH]ncc6c5)n4)cc3[nH]2)cc1. The molecule has 8 heteroatoms. The monoisotopic (exact) mass is 459 g/mol. The van der Waals surface area contributed by atoms with Gasteiger partial charge in [0.05, 0.1) is 11.7 Å². The maximum absolute atomic E-state index is 12.7. The largest absolute Gasteiger partial charge is 0.350 e. The first-order chi connectivity index (χ1) is 17.1. The molecule has 0 aliphatic carbocycles. The standard InChI is InChI=1S/C27H21N7O/c1-16-2-6-20(7-3-16)31-27(35)24-13-17-4-5-18(14-23(17)32-24)26-28-11-10-25(33-26)30-21-8-9-22-19(12-21)15-29-34-22/h2-15,32H,1H3,(H,29,34)(H,31,35)(H,28,30,33). The fourth-order valence-corrected chi connectivity index (χ4v) is 3.96. The summed E-state index contributed by atoms with van der Waals surface area (Å²) in [4.78, 5) is 25.1. The van der Waals surface area contributed by atoms with Crippen LogP contribution in [0.15, 0.2) is 85.2 Å². The van der Waals surface area contributed by atoms with E-state index in [1.807, 2.05) is 79.7 Å². The average molecular weight is 460 g/mol. The van der Waals surface area contributed by atoms with Crippen molar-refractivity contribution in [2.45, 2.75) is 6.92 Å². The number of carbonyl (C=O) groups excluding carboxylic acids is 1. The van der Waals surface area contributed by atoms with Crippen LogP contribution in [-0.2, 0) is 0 Å². The molecule has 0 fully saturated rings. The third-order valence-corrected chi connectivity index (χ3v) is 5.80. The highest BCUT2D eigenvalue weighted by Crippen LogP contribution is 2.25. The highest BCUT2D eigenvalue weighted by atomic mass is 16.1. The Balaban J connectivity index is 1.24. The Hall–Kier alpha value is -4.98. The Morgan fingerprint density at radius 1 is 0.857 bits per heavy atom. The molecule has 35 heavy (non-hydrogen) atoms.